The predicted octanol–water partition coefficient (Wildman–Crippen LogP) is 5.32. The molecular weight excluding hydrogens is 355 g/mol. The van der Waals surface area contributed by atoms with Crippen molar-refractivity contribution in [3.8, 4) is 0 Å². The molecule has 0 aliphatic heterocycles. The van der Waals surface area contributed by atoms with Crippen LogP contribution in [0.5, 0.6) is 0 Å². The van der Waals surface area contributed by atoms with Crippen LogP contribution in [0.1, 0.15) is 18.9 Å². The second-order valence-corrected chi connectivity index (χ2v) is 6.32. The molecule has 25 heavy (non-hydrogen) atoms. The van der Waals surface area contributed by atoms with E-state index >= 15 is 0 Å². The fourth-order valence-electron chi connectivity index (χ4n) is 2.45. The van der Waals surface area contributed by atoms with Gasteiger partial charge in [0.1, 0.15) is 6.33 Å². The molecule has 0 aliphatic rings. The van der Waals surface area contributed by atoms with Crippen LogP contribution in [-0.4, -0.2) is 21.9 Å². The molecule has 128 valence electrons. The van der Waals surface area contributed by atoms with Crippen LogP contribution in [0.4, 0.5) is 5.69 Å². The van der Waals surface area contributed by atoms with Gasteiger partial charge in [-0.15, -0.1) is 0 Å². The number of hydrogen-bond donors (Lipinski definition) is 0. The van der Waals surface area contributed by atoms with Gasteiger partial charge in [0.25, 0.3) is 0 Å². The molecule has 2 aromatic carbocycles. The minimum Gasteiger partial charge on any atom is -0.289 e. The Labute approximate surface area is 157 Å². The Morgan fingerprint density at radius 1 is 1.12 bits per heavy atom. The Hall–Kier alpha value is -2.30. The third-order valence-corrected chi connectivity index (χ3v) is 4.22. The molecule has 0 atom stereocenters. The second-order valence-electron chi connectivity index (χ2n) is 5.47. The van der Waals surface area contributed by atoms with E-state index in [0.29, 0.717) is 15.9 Å². The third kappa shape index (κ3) is 4.21. The quantitative estimate of drug-likeness (QED) is 0.345. The molecule has 0 N–H and O–H groups in total. The van der Waals surface area contributed by atoms with Crippen molar-refractivity contribution in [1.82, 2.24) is 9.55 Å². The number of nitrogens with zero attached hydrogens (tertiary/aromatic N) is 4. The van der Waals surface area contributed by atoms with E-state index in [2.05, 4.69) is 11.9 Å². The van der Waals surface area contributed by atoms with Crippen LogP contribution < -0.4 is 5.01 Å². The first-order chi connectivity index (χ1) is 12.2. The fraction of sp³-hybridized carbons (Fsp3) is 0.158. The molecule has 0 bridgehead atoms. The number of anilines is 1. The Morgan fingerprint density at radius 2 is 1.88 bits per heavy atom. The van der Waals surface area contributed by atoms with Gasteiger partial charge in [-0.05, 0) is 42.8 Å². The lowest BCUT2D eigenvalue weighted by Crippen LogP contribution is -2.23. The van der Waals surface area contributed by atoms with E-state index in [1.807, 2.05) is 64.3 Å². The first kappa shape index (κ1) is 17.5. The van der Waals surface area contributed by atoms with Gasteiger partial charge in [0.2, 0.25) is 0 Å². The minimum atomic E-state index is 0.641. The summed E-state index contributed by atoms with van der Waals surface area (Å²) in [5.41, 5.74) is 1.81. The summed E-state index contributed by atoms with van der Waals surface area (Å²) in [7, 11) is 0. The minimum absolute atomic E-state index is 0.641. The first-order valence-electron chi connectivity index (χ1n) is 8.04. The molecule has 0 fully saturated rings. The van der Waals surface area contributed by atoms with E-state index in [1.54, 1.807) is 12.5 Å². The average molecular weight is 373 g/mol. The van der Waals surface area contributed by atoms with E-state index in [1.165, 1.54) is 0 Å². The zero-order valence-electron chi connectivity index (χ0n) is 13.8. The van der Waals surface area contributed by atoms with E-state index in [-0.39, 0.29) is 0 Å². The molecule has 6 heteroatoms. The number of hydrazone groups is 1. The molecule has 0 amide bonds. The molecule has 0 spiro atoms. The summed E-state index contributed by atoms with van der Waals surface area (Å²) >= 11 is 12.4. The van der Waals surface area contributed by atoms with Crippen molar-refractivity contribution in [2.45, 2.75) is 13.3 Å². The van der Waals surface area contributed by atoms with Crippen molar-refractivity contribution in [1.29, 1.82) is 0 Å². The van der Waals surface area contributed by atoms with Gasteiger partial charge < -0.3 is 0 Å². The van der Waals surface area contributed by atoms with Gasteiger partial charge in [-0.1, -0.05) is 42.3 Å². The molecule has 4 nitrogen and oxygen atoms in total. The monoisotopic (exact) mass is 372 g/mol. The van der Waals surface area contributed by atoms with Gasteiger partial charge in [-0.25, -0.2) is 4.98 Å². The molecule has 1 aromatic heterocycles. The molecule has 0 aliphatic carbocycles. The first-order valence-corrected chi connectivity index (χ1v) is 8.79. The van der Waals surface area contributed by atoms with E-state index in [0.717, 1.165) is 24.2 Å². The van der Waals surface area contributed by atoms with Crippen LogP contribution in [0.15, 0.2) is 72.4 Å². The lowest BCUT2D eigenvalue weighted by molar-refractivity contribution is 0.800. The molecule has 0 radical (unpaired) electrons. The number of imidazole rings is 1. The largest absolute Gasteiger partial charge is 0.289 e. The van der Waals surface area contributed by atoms with Crippen molar-refractivity contribution in [3.05, 3.63) is 82.9 Å². The van der Waals surface area contributed by atoms with Gasteiger partial charge in [-0.2, -0.15) is 5.10 Å². The van der Waals surface area contributed by atoms with Crippen molar-refractivity contribution < 1.29 is 0 Å². The predicted molar refractivity (Wildman–Crippen MR) is 105 cm³/mol. The van der Waals surface area contributed by atoms with Crippen LogP contribution in [0.25, 0.3) is 0 Å². The van der Waals surface area contributed by atoms with Crippen molar-refractivity contribution in [2.75, 3.05) is 11.6 Å². The average Bonchev–Trinajstić information content (AvgIpc) is 3.15. The lowest BCUT2D eigenvalue weighted by atomic mass is 10.2. The summed E-state index contributed by atoms with van der Waals surface area (Å²) in [6, 6.07) is 15.3. The Morgan fingerprint density at radius 3 is 2.52 bits per heavy atom. The highest BCUT2D eigenvalue weighted by molar-refractivity contribution is 6.34. The van der Waals surface area contributed by atoms with Crippen LogP contribution in [-0.2, 0) is 0 Å². The van der Waals surface area contributed by atoms with Crippen molar-refractivity contribution in [3.63, 3.8) is 0 Å². The summed E-state index contributed by atoms with van der Waals surface area (Å²) < 4.78 is 1.86. The smallest absolute Gasteiger partial charge is 0.167 e. The molecule has 0 saturated heterocycles. The van der Waals surface area contributed by atoms with E-state index < -0.39 is 0 Å². The summed E-state index contributed by atoms with van der Waals surface area (Å²) in [5.74, 6) is 0.714. The standard InChI is InChI=1S/C19H18Cl2N4/c1-2-12-25(16-9-7-15(20)8-10-16)23-19(24-13-11-22-14-24)17-5-3-4-6-18(17)21/h3-11,13-14H,2,12H2,1H3/b23-19+. The second kappa shape index (κ2) is 8.19. The highest BCUT2D eigenvalue weighted by Gasteiger charge is 2.13. The number of benzene rings is 2. The number of aromatic nitrogens is 2. The maximum absolute atomic E-state index is 6.41. The van der Waals surface area contributed by atoms with Crippen molar-refractivity contribution in [2.24, 2.45) is 5.10 Å². The van der Waals surface area contributed by atoms with E-state index in [4.69, 9.17) is 28.3 Å². The van der Waals surface area contributed by atoms with Gasteiger partial charge >= 0.3 is 0 Å². The topological polar surface area (TPSA) is 33.4 Å². The van der Waals surface area contributed by atoms with Crippen molar-refractivity contribution >= 4 is 34.7 Å². The molecule has 3 rings (SSSR count). The lowest BCUT2D eigenvalue weighted by Gasteiger charge is -2.21. The highest BCUT2D eigenvalue weighted by atomic mass is 35.5. The molecule has 0 saturated carbocycles. The van der Waals surface area contributed by atoms with E-state index in [9.17, 15) is 0 Å². The normalized spacial score (nSPS) is 11.6. The summed E-state index contributed by atoms with van der Waals surface area (Å²) in [6.45, 7) is 2.88. The summed E-state index contributed by atoms with van der Waals surface area (Å²) in [4.78, 5) is 4.14. The molecular formula is C19H18Cl2N4. The van der Waals surface area contributed by atoms with Gasteiger partial charge in [-0.3, -0.25) is 9.58 Å². The van der Waals surface area contributed by atoms with Gasteiger partial charge in [0, 0.05) is 29.5 Å². The van der Waals surface area contributed by atoms with Crippen LogP contribution >= 0.6 is 23.2 Å². The van der Waals surface area contributed by atoms with Crippen LogP contribution in [0, 0.1) is 0 Å². The van der Waals surface area contributed by atoms with Gasteiger partial charge in [0.15, 0.2) is 5.84 Å². The summed E-state index contributed by atoms with van der Waals surface area (Å²) in [6.07, 6.45) is 6.24. The maximum Gasteiger partial charge on any atom is 0.167 e. The van der Waals surface area contributed by atoms with Gasteiger partial charge in [0.05, 0.1) is 10.7 Å². The molecule has 3 aromatic rings. The number of hydrogen-bond acceptors (Lipinski definition) is 3. The summed E-state index contributed by atoms with van der Waals surface area (Å²) in [5, 5.41) is 8.18. The third-order valence-electron chi connectivity index (χ3n) is 3.64. The fourth-order valence-corrected chi connectivity index (χ4v) is 2.79. The highest BCUT2D eigenvalue weighted by Crippen LogP contribution is 2.22. The number of halogens is 2. The van der Waals surface area contributed by atoms with Crippen LogP contribution in [0.2, 0.25) is 10.0 Å². The zero-order chi connectivity index (χ0) is 17.6. The van der Waals surface area contributed by atoms with Crippen LogP contribution in [0.3, 0.4) is 0 Å². The maximum atomic E-state index is 6.41. The Kier molecular flexibility index (Phi) is 5.74. The number of rotatable bonds is 5. The SMILES string of the molecule is CCCN(/N=C(\c1ccccc1Cl)n1ccnc1)c1ccc(Cl)cc1. The molecule has 0 unspecified atom stereocenters. The Bertz CT molecular complexity index is 842. The molecule has 1 heterocycles. The Balaban J connectivity index is 2.09. The zero-order valence-corrected chi connectivity index (χ0v) is 15.3.